The minimum Gasteiger partial charge on any atom is -0.494 e. The Morgan fingerprint density at radius 2 is 1.68 bits per heavy atom. The number of ether oxygens (including phenoxy) is 2. The molecule has 0 N–H and O–H groups in total. The number of morpholine rings is 1. The van der Waals surface area contributed by atoms with E-state index in [9.17, 15) is 4.79 Å². The van der Waals surface area contributed by atoms with Crippen LogP contribution in [0.4, 0.5) is 0 Å². The van der Waals surface area contributed by atoms with Crippen LogP contribution in [0.1, 0.15) is 31.7 Å². The number of piperazine rings is 1. The zero-order valence-corrected chi connectivity index (χ0v) is 17.3. The molecule has 2 fully saturated rings. The Hall–Kier alpha value is -1.63. The number of carbonyl (C=O) groups excluding carboxylic acids is 1. The zero-order valence-electron chi connectivity index (χ0n) is 17.3. The summed E-state index contributed by atoms with van der Waals surface area (Å²) in [4.78, 5) is 19.1. The number of benzene rings is 1. The highest BCUT2D eigenvalue weighted by molar-refractivity contribution is 5.78. The van der Waals surface area contributed by atoms with Gasteiger partial charge in [-0.05, 0) is 24.1 Å². The summed E-state index contributed by atoms with van der Waals surface area (Å²) in [5.74, 6) is 1.21. The molecule has 0 unspecified atom stereocenters. The lowest BCUT2D eigenvalue weighted by Gasteiger charge is -2.36. The molecule has 2 aliphatic rings. The fourth-order valence-electron chi connectivity index (χ4n) is 3.70. The highest BCUT2D eigenvalue weighted by Gasteiger charge is 2.23. The first-order chi connectivity index (χ1) is 13.7. The minimum absolute atomic E-state index is 0.256. The second kappa shape index (κ2) is 11.4. The molecule has 156 valence electrons. The van der Waals surface area contributed by atoms with E-state index in [-0.39, 0.29) is 5.91 Å². The molecule has 1 aromatic rings. The van der Waals surface area contributed by atoms with Crippen LogP contribution in [0.5, 0.6) is 5.75 Å². The highest BCUT2D eigenvalue weighted by atomic mass is 16.5. The summed E-state index contributed by atoms with van der Waals surface area (Å²) in [6.45, 7) is 11.2. The van der Waals surface area contributed by atoms with Crippen molar-refractivity contribution >= 4 is 5.91 Å². The maximum Gasteiger partial charge on any atom is 0.236 e. The number of hydrogen-bond acceptors (Lipinski definition) is 5. The van der Waals surface area contributed by atoms with Gasteiger partial charge in [-0.2, -0.15) is 0 Å². The lowest BCUT2D eigenvalue weighted by Crippen LogP contribution is -2.51. The van der Waals surface area contributed by atoms with Crippen molar-refractivity contribution in [1.82, 2.24) is 14.7 Å². The quantitative estimate of drug-likeness (QED) is 0.606. The van der Waals surface area contributed by atoms with Gasteiger partial charge in [-0.3, -0.25) is 14.6 Å². The van der Waals surface area contributed by atoms with Crippen molar-refractivity contribution in [3.8, 4) is 5.75 Å². The summed E-state index contributed by atoms with van der Waals surface area (Å²) in [5.41, 5.74) is 1.30. The number of hydrogen-bond donors (Lipinski definition) is 0. The van der Waals surface area contributed by atoms with E-state index in [4.69, 9.17) is 9.47 Å². The second-order valence-corrected chi connectivity index (χ2v) is 7.74. The SMILES string of the molecule is CCCCCOc1ccc(CN2CCN(C(=O)CN3CCOCC3)CC2)cc1. The molecule has 2 aliphatic heterocycles. The molecular weight excluding hydrogens is 354 g/mol. The summed E-state index contributed by atoms with van der Waals surface area (Å²) in [5, 5.41) is 0. The van der Waals surface area contributed by atoms with Crippen molar-refractivity contribution in [2.45, 2.75) is 32.7 Å². The third-order valence-corrected chi connectivity index (χ3v) is 5.53. The van der Waals surface area contributed by atoms with E-state index in [2.05, 4.69) is 41.0 Å². The predicted molar refractivity (Wildman–Crippen MR) is 111 cm³/mol. The molecule has 1 aromatic carbocycles. The molecule has 6 heteroatoms. The van der Waals surface area contributed by atoms with E-state index in [1.807, 2.05) is 4.90 Å². The molecule has 0 saturated carbocycles. The largest absolute Gasteiger partial charge is 0.494 e. The third kappa shape index (κ3) is 6.76. The molecule has 2 heterocycles. The fourth-order valence-corrected chi connectivity index (χ4v) is 3.70. The van der Waals surface area contributed by atoms with Gasteiger partial charge >= 0.3 is 0 Å². The molecule has 1 amide bonds. The first kappa shape index (κ1) is 21.1. The first-order valence-corrected chi connectivity index (χ1v) is 10.8. The van der Waals surface area contributed by atoms with Crippen molar-refractivity contribution in [3.05, 3.63) is 29.8 Å². The van der Waals surface area contributed by atoms with Gasteiger partial charge in [0.25, 0.3) is 0 Å². The average Bonchev–Trinajstić information content (AvgIpc) is 2.74. The standard InChI is InChI=1S/C22H35N3O3/c1-2-3-4-15-28-21-7-5-20(6-8-21)18-23-9-11-25(12-10-23)22(26)19-24-13-16-27-17-14-24/h5-8H,2-4,9-19H2,1H3. The third-order valence-electron chi connectivity index (χ3n) is 5.53. The van der Waals surface area contributed by atoms with Crippen LogP contribution in [-0.4, -0.2) is 86.2 Å². The Morgan fingerprint density at radius 3 is 2.36 bits per heavy atom. The second-order valence-electron chi connectivity index (χ2n) is 7.74. The highest BCUT2D eigenvalue weighted by Crippen LogP contribution is 2.15. The van der Waals surface area contributed by atoms with Gasteiger partial charge in [0.15, 0.2) is 0 Å². The lowest BCUT2D eigenvalue weighted by atomic mass is 10.2. The maximum absolute atomic E-state index is 12.5. The Labute approximate surface area is 169 Å². The smallest absolute Gasteiger partial charge is 0.236 e. The van der Waals surface area contributed by atoms with Gasteiger partial charge in [0.05, 0.1) is 26.4 Å². The van der Waals surface area contributed by atoms with E-state index >= 15 is 0 Å². The normalized spacial score (nSPS) is 19.0. The van der Waals surface area contributed by atoms with Gasteiger partial charge in [0, 0.05) is 45.8 Å². The maximum atomic E-state index is 12.5. The van der Waals surface area contributed by atoms with Gasteiger partial charge in [0.2, 0.25) is 5.91 Å². The van der Waals surface area contributed by atoms with Crippen molar-refractivity contribution in [1.29, 1.82) is 0 Å². The summed E-state index contributed by atoms with van der Waals surface area (Å²) >= 11 is 0. The summed E-state index contributed by atoms with van der Waals surface area (Å²) in [6, 6.07) is 8.46. The lowest BCUT2D eigenvalue weighted by molar-refractivity contribution is -0.135. The Bertz CT molecular complexity index is 579. The number of carbonyl (C=O) groups is 1. The number of unbranched alkanes of at least 4 members (excludes halogenated alkanes) is 2. The molecule has 0 radical (unpaired) electrons. The van der Waals surface area contributed by atoms with Gasteiger partial charge < -0.3 is 14.4 Å². The summed E-state index contributed by atoms with van der Waals surface area (Å²) in [7, 11) is 0. The fraction of sp³-hybridized carbons (Fsp3) is 0.682. The van der Waals surface area contributed by atoms with Crippen molar-refractivity contribution in [2.24, 2.45) is 0 Å². The minimum atomic E-state index is 0.256. The van der Waals surface area contributed by atoms with Gasteiger partial charge in [0.1, 0.15) is 5.75 Å². The zero-order chi connectivity index (χ0) is 19.6. The molecule has 3 rings (SSSR count). The molecule has 6 nitrogen and oxygen atoms in total. The van der Waals surface area contributed by atoms with E-state index in [1.165, 1.54) is 18.4 Å². The van der Waals surface area contributed by atoms with Crippen LogP contribution in [0.25, 0.3) is 0 Å². The summed E-state index contributed by atoms with van der Waals surface area (Å²) < 4.78 is 11.1. The van der Waals surface area contributed by atoms with Crippen LogP contribution in [0.3, 0.4) is 0 Å². The Kier molecular flexibility index (Phi) is 8.58. The van der Waals surface area contributed by atoms with Gasteiger partial charge in [-0.15, -0.1) is 0 Å². The van der Waals surface area contributed by atoms with E-state index in [0.717, 1.165) is 77.8 Å². The molecule has 0 atom stereocenters. The molecule has 0 aliphatic carbocycles. The average molecular weight is 390 g/mol. The monoisotopic (exact) mass is 389 g/mol. The van der Waals surface area contributed by atoms with Crippen LogP contribution in [0.15, 0.2) is 24.3 Å². The van der Waals surface area contributed by atoms with E-state index in [0.29, 0.717) is 6.54 Å². The van der Waals surface area contributed by atoms with Crippen molar-refractivity contribution < 1.29 is 14.3 Å². The van der Waals surface area contributed by atoms with Gasteiger partial charge in [-0.25, -0.2) is 0 Å². The first-order valence-electron chi connectivity index (χ1n) is 10.8. The Balaban J connectivity index is 1.36. The number of nitrogens with zero attached hydrogens (tertiary/aromatic N) is 3. The Morgan fingerprint density at radius 1 is 0.964 bits per heavy atom. The topological polar surface area (TPSA) is 45.2 Å². The molecule has 0 bridgehead atoms. The van der Waals surface area contributed by atoms with Crippen LogP contribution < -0.4 is 4.74 Å². The number of amides is 1. The van der Waals surface area contributed by atoms with Gasteiger partial charge in [-0.1, -0.05) is 31.9 Å². The summed E-state index contributed by atoms with van der Waals surface area (Å²) in [6.07, 6.45) is 3.56. The van der Waals surface area contributed by atoms with Crippen molar-refractivity contribution in [2.75, 3.05) is 65.6 Å². The van der Waals surface area contributed by atoms with E-state index in [1.54, 1.807) is 0 Å². The van der Waals surface area contributed by atoms with Crippen molar-refractivity contribution in [3.63, 3.8) is 0 Å². The molecular formula is C22H35N3O3. The molecule has 0 spiro atoms. The van der Waals surface area contributed by atoms with Crippen LogP contribution >= 0.6 is 0 Å². The van der Waals surface area contributed by atoms with Crippen LogP contribution in [0, 0.1) is 0 Å². The van der Waals surface area contributed by atoms with Crippen LogP contribution in [-0.2, 0) is 16.1 Å². The molecule has 28 heavy (non-hydrogen) atoms. The number of rotatable bonds is 9. The molecule has 2 saturated heterocycles. The van der Waals surface area contributed by atoms with E-state index < -0.39 is 0 Å². The molecule has 0 aromatic heterocycles. The van der Waals surface area contributed by atoms with Crippen LogP contribution in [0.2, 0.25) is 0 Å². The predicted octanol–water partition coefficient (Wildman–Crippen LogP) is 2.23.